The Balaban J connectivity index is 1.57. The molecule has 1 aromatic rings. The van der Waals surface area contributed by atoms with Crippen molar-refractivity contribution >= 4 is 23.2 Å². The van der Waals surface area contributed by atoms with Gasteiger partial charge in [-0.2, -0.15) is 0 Å². The van der Waals surface area contributed by atoms with E-state index in [1.165, 1.54) is 28.2 Å². The maximum atomic E-state index is 12.1. The van der Waals surface area contributed by atoms with Crippen LogP contribution in [0.1, 0.15) is 36.2 Å². The van der Waals surface area contributed by atoms with Crippen LogP contribution in [0, 0.1) is 5.92 Å². The van der Waals surface area contributed by atoms with Gasteiger partial charge in [-0.15, -0.1) is 11.3 Å². The number of carbonyl (C=O) groups is 2. The van der Waals surface area contributed by atoms with Crippen LogP contribution in [0.25, 0.3) is 0 Å². The third kappa shape index (κ3) is 3.50. The molecule has 0 saturated heterocycles. The average Bonchev–Trinajstić information content (AvgIpc) is 3.22. The van der Waals surface area contributed by atoms with Gasteiger partial charge in [-0.05, 0) is 31.2 Å². The number of hydrogen-bond donors (Lipinski definition) is 3. The zero-order valence-electron chi connectivity index (χ0n) is 13.0. The Bertz CT molecular complexity index is 553. The summed E-state index contributed by atoms with van der Waals surface area (Å²) < 4.78 is 0. The van der Waals surface area contributed by atoms with Crippen LogP contribution in [-0.4, -0.2) is 38.0 Å². The standard InChI is InChI=1S/C16H23N3O2S/c1-2-17-14(20)9-18-15(21)10-19-7-5-13-12(6-8-22-13)16(19)11-3-4-11/h6,8,11,16H,2-5,7,9-10H2,1H3,(H,17,20)(H,18,21)/p+1/t16-/m0/s1. The van der Waals surface area contributed by atoms with Gasteiger partial charge in [-0.25, -0.2) is 0 Å². The molecule has 1 fully saturated rings. The predicted molar refractivity (Wildman–Crippen MR) is 85.9 cm³/mol. The van der Waals surface area contributed by atoms with Crippen molar-refractivity contribution < 1.29 is 14.5 Å². The fourth-order valence-corrected chi connectivity index (χ4v) is 4.33. The first-order chi connectivity index (χ1) is 10.7. The SMILES string of the molecule is CCNC(=O)CNC(=O)C[NH+]1CCc2sccc2[C@@H]1C1CC1. The van der Waals surface area contributed by atoms with Gasteiger partial charge < -0.3 is 15.5 Å². The number of carbonyl (C=O) groups excluding carboxylic acids is 2. The molecular weight excluding hydrogens is 298 g/mol. The number of amides is 2. The molecule has 1 saturated carbocycles. The third-order valence-electron chi connectivity index (χ3n) is 4.53. The molecule has 120 valence electrons. The minimum atomic E-state index is -0.122. The Hall–Kier alpha value is -1.40. The molecule has 22 heavy (non-hydrogen) atoms. The Morgan fingerprint density at radius 3 is 2.86 bits per heavy atom. The largest absolute Gasteiger partial charge is 0.355 e. The van der Waals surface area contributed by atoms with Gasteiger partial charge in [0.2, 0.25) is 5.91 Å². The quantitative estimate of drug-likeness (QED) is 0.684. The zero-order chi connectivity index (χ0) is 15.5. The summed E-state index contributed by atoms with van der Waals surface area (Å²) >= 11 is 1.85. The van der Waals surface area contributed by atoms with Crippen molar-refractivity contribution in [3.05, 3.63) is 21.9 Å². The Morgan fingerprint density at radius 1 is 1.32 bits per heavy atom. The monoisotopic (exact) mass is 322 g/mol. The topological polar surface area (TPSA) is 62.6 Å². The zero-order valence-corrected chi connectivity index (χ0v) is 13.8. The van der Waals surface area contributed by atoms with Crippen molar-refractivity contribution in [2.45, 2.75) is 32.2 Å². The van der Waals surface area contributed by atoms with Gasteiger partial charge in [0.15, 0.2) is 6.54 Å². The molecule has 1 aromatic heterocycles. The van der Waals surface area contributed by atoms with E-state index >= 15 is 0 Å². The first-order valence-electron chi connectivity index (χ1n) is 8.13. The number of likely N-dealkylation sites (N-methyl/N-ethyl adjacent to an activating group) is 1. The van der Waals surface area contributed by atoms with Crippen LogP contribution in [0.2, 0.25) is 0 Å². The molecule has 1 unspecified atom stereocenters. The lowest BCUT2D eigenvalue weighted by molar-refractivity contribution is -0.928. The average molecular weight is 322 g/mol. The number of nitrogens with one attached hydrogen (secondary N) is 3. The number of hydrogen-bond acceptors (Lipinski definition) is 3. The molecule has 1 aliphatic carbocycles. The van der Waals surface area contributed by atoms with Gasteiger partial charge in [0.25, 0.3) is 5.91 Å². The number of fused-ring (bicyclic) bond motifs is 1. The summed E-state index contributed by atoms with van der Waals surface area (Å²) in [7, 11) is 0. The van der Waals surface area contributed by atoms with E-state index in [1.54, 1.807) is 0 Å². The van der Waals surface area contributed by atoms with E-state index < -0.39 is 0 Å². The second-order valence-corrected chi connectivity index (χ2v) is 7.18. The number of thiophene rings is 1. The summed E-state index contributed by atoms with van der Waals surface area (Å²) in [6.07, 6.45) is 3.63. The summed E-state index contributed by atoms with van der Waals surface area (Å²) in [6, 6.07) is 2.72. The highest BCUT2D eigenvalue weighted by molar-refractivity contribution is 7.10. The second-order valence-electron chi connectivity index (χ2n) is 6.18. The summed E-state index contributed by atoms with van der Waals surface area (Å²) in [5.74, 6) is 0.591. The van der Waals surface area contributed by atoms with Crippen molar-refractivity contribution in [3.63, 3.8) is 0 Å². The number of quaternary nitrogens is 1. The van der Waals surface area contributed by atoms with Crippen LogP contribution < -0.4 is 15.5 Å². The molecule has 2 amide bonds. The molecule has 2 atom stereocenters. The molecule has 0 aromatic carbocycles. The summed E-state index contributed by atoms with van der Waals surface area (Å²) in [6.45, 7) is 4.03. The fraction of sp³-hybridized carbons (Fsp3) is 0.625. The minimum Gasteiger partial charge on any atom is -0.355 e. The second kappa shape index (κ2) is 6.79. The molecule has 0 bridgehead atoms. The smallest absolute Gasteiger partial charge is 0.275 e. The molecule has 0 spiro atoms. The van der Waals surface area contributed by atoms with Crippen molar-refractivity contribution in [3.8, 4) is 0 Å². The lowest BCUT2D eigenvalue weighted by atomic mass is 9.96. The van der Waals surface area contributed by atoms with E-state index in [4.69, 9.17) is 0 Å². The number of rotatable bonds is 6. The van der Waals surface area contributed by atoms with Gasteiger partial charge in [0.1, 0.15) is 6.04 Å². The Labute approximate surface area is 135 Å². The maximum Gasteiger partial charge on any atom is 0.275 e. The van der Waals surface area contributed by atoms with Crippen molar-refractivity contribution in [2.24, 2.45) is 5.92 Å². The van der Waals surface area contributed by atoms with Crippen molar-refractivity contribution in [1.29, 1.82) is 0 Å². The Morgan fingerprint density at radius 2 is 2.14 bits per heavy atom. The lowest BCUT2D eigenvalue weighted by Crippen LogP contribution is -3.14. The molecule has 3 rings (SSSR count). The molecule has 2 heterocycles. The van der Waals surface area contributed by atoms with Crippen molar-refractivity contribution in [2.75, 3.05) is 26.2 Å². The van der Waals surface area contributed by atoms with Gasteiger partial charge >= 0.3 is 0 Å². The van der Waals surface area contributed by atoms with Crippen LogP contribution in [0.3, 0.4) is 0 Å². The molecular formula is C16H24N3O2S+. The van der Waals surface area contributed by atoms with E-state index in [9.17, 15) is 9.59 Å². The van der Waals surface area contributed by atoms with Crippen molar-refractivity contribution in [1.82, 2.24) is 10.6 Å². The first-order valence-corrected chi connectivity index (χ1v) is 9.01. The third-order valence-corrected chi connectivity index (χ3v) is 5.53. The molecule has 2 aliphatic rings. The highest BCUT2D eigenvalue weighted by atomic mass is 32.1. The van der Waals surface area contributed by atoms with Crippen LogP contribution in [0.5, 0.6) is 0 Å². The van der Waals surface area contributed by atoms with Crippen LogP contribution in [0.4, 0.5) is 0 Å². The summed E-state index contributed by atoms with van der Waals surface area (Å²) in [5.41, 5.74) is 1.46. The van der Waals surface area contributed by atoms with E-state index in [0.717, 1.165) is 18.9 Å². The van der Waals surface area contributed by atoms with Crippen LogP contribution in [-0.2, 0) is 16.0 Å². The highest BCUT2D eigenvalue weighted by Gasteiger charge is 2.43. The fourth-order valence-electron chi connectivity index (χ4n) is 3.40. The molecule has 5 nitrogen and oxygen atoms in total. The van der Waals surface area contributed by atoms with Gasteiger partial charge in [0.05, 0.1) is 13.1 Å². The molecule has 1 aliphatic heterocycles. The maximum absolute atomic E-state index is 12.1. The normalized spacial score (nSPS) is 23.7. The predicted octanol–water partition coefficient (Wildman–Crippen LogP) is -0.107. The van der Waals surface area contributed by atoms with E-state index in [1.807, 2.05) is 18.3 Å². The van der Waals surface area contributed by atoms with Gasteiger partial charge in [-0.3, -0.25) is 9.59 Å². The molecule has 0 radical (unpaired) electrons. The summed E-state index contributed by atoms with van der Waals surface area (Å²) in [4.78, 5) is 26.4. The first kappa shape index (κ1) is 15.5. The van der Waals surface area contributed by atoms with Crippen LogP contribution >= 0.6 is 11.3 Å². The van der Waals surface area contributed by atoms with Gasteiger partial charge in [0, 0.05) is 29.3 Å². The highest BCUT2D eigenvalue weighted by Crippen LogP contribution is 2.42. The summed E-state index contributed by atoms with van der Waals surface area (Å²) in [5, 5.41) is 7.61. The lowest BCUT2D eigenvalue weighted by Gasteiger charge is -2.32. The van der Waals surface area contributed by atoms with E-state index in [2.05, 4.69) is 22.1 Å². The minimum absolute atomic E-state index is 0.0226. The molecule has 6 heteroatoms. The Kier molecular flexibility index (Phi) is 4.78. The molecule has 3 N–H and O–H groups in total. The van der Waals surface area contributed by atoms with E-state index in [-0.39, 0.29) is 18.4 Å². The van der Waals surface area contributed by atoms with E-state index in [0.29, 0.717) is 19.1 Å². The van der Waals surface area contributed by atoms with Gasteiger partial charge in [-0.1, -0.05) is 0 Å². The van der Waals surface area contributed by atoms with Crippen LogP contribution in [0.15, 0.2) is 11.4 Å².